The number of hydrogen-bond donors (Lipinski definition) is 1. The molecule has 1 aliphatic heterocycles. The van der Waals surface area contributed by atoms with Crippen molar-refractivity contribution < 1.29 is 18.0 Å². The summed E-state index contributed by atoms with van der Waals surface area (Å²) in [6.07, 6.45) is -2.65. The SMILES string of the molecule is O=C(CN1CCN(Cn2nc3ccccn3c2=S)CC1)Nc1ccccc1C(F)(F)F. The second-order valence-corrected chi connectivity index (χ2v) is 7.70. The first kappa shape index (κ1) is 21.5. The minimum absolute atomic E-state index is 0.0355. The van der Waals surface area contributed by atoms with Gasteiger partial charge in [0.05, 0.1) is 24.5 Å². The van der Waals surface area contributed by atoms with Gasteiger partial charge < -0.3 is 5.32 Å². The number of carbonyl (C=O) groups excluding carboxylic acids is 1. The fourth-order valence-corrected chi connectivity index (χ4v) is 3.82. The van der Waals surface area contributed by atoms with Crippen molar-refractivity contribution in [3.8, 4) is 0 Å². The molecule has 1 amide bonds. The van der Waals surface area contributed by atoms with E-state index in [1.54, 1.807) is 4.68 Å². The Morgan fingerprint density at radius 3 is 2.42 bits per heavy atom. The summed E-state index contributed by atoms with van der Waals surface area (Å²) < 4.78 is 43.5. The Labute approximate surface area is 181 Å². The van der Waals surface area contributed by atoms with Crippen LogP contribution in [0.2, 0.25) is 0 Å². The van der Waals surface area contributed by atoms with Gasteiger partial charge in [0.2, 0.25) is 10.7 Å². The molecule has 0 aliphatic carbocycles. The number of hydrogen-bond acceptors (Lipinski definition) is 5. The van der Waals surface area contributed by atoms with Crippen LogP contribution in [0.4, 0.5) is 18.9 Å². The van der Waals surface area contributed by atoms with E-state index in [9.17, 15) is 18.0 Å². The highest BCUT2D eigenvalue weighted by Crippen LogP contribution is 2.34. The van der Waals surface area contributed by atoms with Gasteiger partial charge in [0.25, 0.3) is 0 Å². The molecule has 2 aromatic heterocycles. The predicted octanol–water partition coefficient (Wildman–Crippen LogP) is 3.10. The van der Waals surface area contributed by atoms with E-state index in [2.05, 4.69) is 15.3 Å². The van der Waals surface area contributed by atoms with Crippen LogP contribution in [0, 0.1) is 4.77 Å². The molecular weight excluding hydrogens is 429 g/mol. The van der Waals surface area contributed by atoms with Crippen LogP contribution in [0.25, 0.3) is 5.65 Å². The minimum Gasteiger partial charge on any atom is -0.324 e. The Morgan fingerprint density at radius 1 is 1.03 bits per heavy atom. The van der Waals surface area contributed by atoms with Crippen LogP contribution in [0.3, 0.4) is 0 Å². The van der Waals surface area contributed by atoms with E-state index in [1.807, 2.05) is 33.7 Å². The molecular formula is C20H21F3N6OS. The summed E-state index contributed by atoms with van der Waals surface area (Å²) in [7, 11) is 0. The maximum Gasteiger partial charge on any atom is 0.418 e. The maximum absolute atomic E-state index is 13.1. The molecule has 4 rings (SSSR count). The molecule has 1 saturated heterocycles. The minimum atomic E-state index is -4.52. The summed E-state index contributed by atoms with van der Waals surface area (Å²) in [5, 5.41) is 6.91. The molecule has 1 N–H and O–H groups in total. The Hall–Kier alpha value is -2.76. The first-order chi connectivity index (χ1) is 14.8. The van der Waals surface area contributed by atoms with Crippen molar-refractivity contribution in [1.82, 2.24) is 24.0 Å². The van der Waals surface area contributed by atoms with E-state index < -0.39 is 17.6 Å². The molecule has 11 heteroatoms. The number of amides is 1. The number of anilines is 1. The predicted molar refractivity (Wildman–Crippen MR) is 112 cm³/mol. The van der Waals surface area contributed by atoms with Crippen molar-refractivity contribution in [2.24, 2.45) is 0 Å². The summed E-state index contributed by atoms with van der Waals surface area (Å²) in [5.41, 5.74) is -0.292. The van der Waals surface area contributed by atoms with Crippen LogP contribution in [0.1, 0.15) is 5.56 Å². The summed E-state index contributed by atoms with van der Waals surface area (Å²) in [4.78, 5) is 16.4. The number of rotatable bonds is 5. The van der Waals surface area contributed by atoms with Crippen molar-refractivity contribution in [1.29, 1.82) is 0 Å². The smallest absolute Gasteiger partial charge is 0.324 e. The lowest BCUT2D eigenvalue weighted by molar-refractivity contribution is -0.137. The average molecular weight is 450 g/mol. The molecule has 7 nitrogen and oxygen atoms in total. The van der Waals surface area contributed by atoms with Crippen molar-refractivity contribution in [2.75, 3.05) is 38.0 Å². The monoisotopic (exact) mass is 450 g/mol. The molecule has 3 heterocycles. The van der Waals surface area contributed by atoms with Gasteiger partial charge in [-0.25, -0.2) is 4.68 Å². The van der Waals surface area contributed by atoms with E-state index in [1.165, 1.54) is 18.2 Å². The first-order valence-electron chi connectivity index (χ1n) is 9.76. The number of fused-ring (bicyclic) bond motifs is 1. The highest BCUT2D eigenvalue weighted by Gasteiger charge is 2.33. The Balaban J connectivity index is 1.31. The fourth-order valence-electron chi connectivity index (χ4n) is 3.57. The van der Waals surface area contributed by atoms with Gasteiger partial charge in [-0.05, 0) is 36.5 Å². The van der Waals surface area contributed by atoms with Crippen molar-refractivity contribution >= 4 is 29.5 Å². The van der Waals surface area contributed by atoms with E-state index >= 15 is 0 Å². The maximum atomic E-state index is 13.1. The molecule has 0 atom stereocenters. The van der Waals surface area contributed by atoms with Crippen molar-refractivity contribution in [3.63, 3.8) is 0 Å². The lowest BCUT2D eigenvalue weighted by Gasteiger charge is -2.34. The topological polar surface area (TPSA) is 57.8 Å². The molecule has 0 saturated carbocycles. The van der Waals surface area contributed by atoms with Crippen molar-refractivity contribution in [3.05, 3.63) is 59.0 Å². The van der Waals surface area contributed by atoms with Crippen LogP contribution in [0.15, 0.2) is 48.7 Å². The number of aromatic nitrogens is 3. The summed E-state index contributed by atoms with van der Waals surface area (Å²) in [6.45, 7) is 3.21. The molecule has 31 heavy (non-hydrogen) atoms. The highest BCUT2D eigenvalue weighted by atomic mass is 32.1. The molecule has 164 valence electrons. The third-order valence-corrected chi connectivity index (χ3v) is 5.57. The molecule has 3 aromatic rings. The van der Waals surface area contributed by atoms with Crippen LogP contribution in [0.5, 0.6) is 0 Å². The number of carbonyl (C=O) groups is 1. The van der Waals surface area contributed by atoms with Crippen LogP contribution in [-0.4, -0.2) is 62.6 Å². The Kier molecular flexibility index (Phi) is 6.08. The Bertz CT molecular complexity index is 1130. The van der Waals surface area contributed by atoms with E-state index in [-0.39, 0.29) is 12.2 Å². The lowest BCUT2D eigenvalue weighted by Crippen LogP contribution is -2.49. The van der Waals surface area contributed by atoms with Gasteiger partial charge in [0, 0.05) is 32.4 Å². The zero-order chi connectivity index (χ0) is 22.0. The van der Waals surface area contributed by atoms with Gasteiger partial charge >= 0.3 is 6.18 Å². The molecule has 1 aliphatic rings. The average Bonchev–Trinajstić information content (AvgIpc) is 3.05. The standard InChI is InChI=1S/C20H21F3N6OS/c21-20(22,23)15-5-1-2-6-16(15)24-18(30)13-26-9-11-27(12-10-26)14-29-19(31)28-8-4-3-7-17(28)25-29/h1-8H,9-14H2,(H,24,30). The Morgan fingerprint density at radius 2 is 1.71 bits per heavy atom. The molecule has 0 unspecified atom stereocenters. The number of halogens is 3. The van der Waals surface area contributed by atoms with Gasteiger partial charge in [-0.3, -0.25) is 19.0 Å². The van der Waals surface area contributed by atoms with Gasteiger partial charge in [-0.2, -0.15) is 18.3 Å². The zero-order valence-corrected chi connectivity index (χ0v) is 17.4. The molecule has 0 spiro atoms. The molecule has 0 radical (unpaired) electrons. The van der Waals surface area contributed by atoms with E-state index in [0.717, 1.165) is 11.7 Å². The summed E-state index contributed by atoms with van der Waals surface area (Å²) in [5.74, 6) is -0.465. The molecule has 1 fully saturated rings. The third-order valence-electron chi connectivity index (χ3n) is 5.16. The van der Waals surface area contributed by atoms with E-state index in [4.69, 9.17) is 12.2 Å². The number of piperazine rings is 1. The number of pyridine rings is 1. The van der Waals surface area contributed by atoms with Crippen molar-refractivity contribution in [2.45, 2.75) is 12.8 Å². The first-order valence-corrected chi connectivity index (χ1v) is 10.2. The zero-order valence-electron chi connectivity index (χ0n) is 16.5. The van der Waals surface area contributed by atoms with Crippen LogP contribution >= 0.6 is 12.2 Å². The second-order valence-electron chi connectivity index (χ2n) is 7.34. The fraction of sp³-hybridized carbons (Fsp3) is 0.350. The highest BCUT2D eigenvalue weighted by molar-refractivity contribution is 7.71. The summed E-state index contributed by atoms with van der Waals surface area (Å²) in [6, 6.07) is 10.7. The third kappa shape index (κ3) is 4.94. The van der Waals surface area contributed by atoms with Gasteiger partial charge in [-0.1, -0.05) is 18.2 Å². The van der Waals surface area contributed by atoms with Gasteiger partial charge in [0.1, 0.15) is 0 Å². The van der Waals surface area contributed by atoms with Gasteiger partial charge in [-0.15, -0.1) is 0 Å². The normalized spacial score (nSPS) is 16.0. The number of alkyl halides is 3. The van der Waals surface area contributed by atoms with E-state index in [0.29, 0.717) is 37.6 Å². The molecule has 0 bridgehead atoms. The van der Waals surface area contributed by atoms with Crippen LogP contribution < -0.4 is 5.32 Å². The lowest BCUT2D eigenvalue weighted by atomic mass is 10.1. The van der Waals surface area contributed by atoms with Gasteiger partial charge in [0.15, 0.2) is 5.65 Å². The summed E-state index contributed by atoms with van der Waals surface area (Å²) >= 11 is 5.47. The number of para-hydroxylation sites is 1. The number of nitrogens with one attached hydrogen (secondary N) is 1. The number of nitrogens with zero attached hydrogens (tertiary/aromatic N) is 5. The largest absolute Gasteiger partial charge is 0.418 e. The van der Waals surface area contributed by atoms with Crippen LogP contribution in [-0.2, 0) is 17.6 Å². The molecule has 1 aromatic carbocycles. The number of benzene rings is 1. The second kappa shape index (κ2) is 8.77. The quantitative estimate of drug-likeness (QED) is 0.606.